The standard InChI is InChI=1S/C23H30N6OS/c1-15-9-20(28-23-27-16(2)17(3)31-23)10-21(26-15)19-5-7-29(14-19)13-18-11-24-22(25-12-18)6-8-30-4/h9-12,19H,5-8,13-14H2,1-4H3,(H,26,27,28)/t19-/m0/s1. The first-order valence-electron chi connectivity index (χ1n) is 10.7. The minimum atomic E-state index is 0.433. The van der Waals surface area contributed by atoms with Gasteiger partial charge in [0.15, 0.2) is 5.13 Å². The average Bonchev–Trinajstić information content (AvgIpc) is 3.33. The normalized spacial score (nSPS) is 16.7. The van der Waals surface area contributed by atoms with E-state index in [2.05, 4.69) is 51.1 Å². The van der Waals surface area contributed by atoms with Crippen LogP contribution in [0.2, 0.25) is 0 Å². The molecule has 1 N–H and O–H groups in total. The maximum absolute atomic E-state index is 5.09. The van der Waals surface area contributed by atoms with E-state index in [1.807, 2.05) is 19.3 Å². The maximum atomic E-state index is 5.09. The summed E-state index contributed by atoms with van der Waals surface area (Å²) < 4.78 is 5.09. The number of nitrogens with one attached hydrogen (secondary N) is 1. The third kappa shape index (κ3) is 5.64. The smallest absolute Gasteiger partial charge is 0.187 e. The van der Waals surface area contributed by atoms with Crippen LogP contribution in [0.25, 0.3) is 0 Å². The molecule has 1 aliphatic heterocycles. The second kappa shape index (κ2) is 9.80. The Labute approximate surface area is 187 Å². The third-order valence-corrected chi connectivity index (χ3v) is 6.63. The van der Waals surface area contributed by atoms with Crippen LogP contribution in [0, 0.1) is 20.8 Å². The lowest BCUT2D eigenvalue weighted by atomic mass is 10.0. The van der Waals surface area contributed by atoms with Crippen LogP contribution in [0.5, 0.6) is 0 Å². The summed E-state index contributed by atoms with van der Waals surface area (Å²) in [5.41, 5.74) is 5.48. The van der Waals surface area contributed by atoms with E-state index < -0.39 is 0 Å². The van der Waals surface area contributed by atoms with Crippen molar-refractivity contribution in [2.24, 2.45) is 0 Å². The lowest BCUT2D eigenvalue weighted by molar-refractivity contribution is 0.200. The van der Waals surface area contributed by atoms with E-state index in [-0.39, 0.29) is 0 Å². The van der Waals surface area contributed by atoms with Gasteiger partial charge in [0.25, 0.3) is 0 Å². The molecule has 0 spiro atoms. The first kappa shape index (κ1) is 21.8. The summed E-state index contributed by atoms with van der Waals surface area (Å²) >= 11 is 1.69. The van der Waals surface area contributed by atoms with Gasteiger partial charge in [-0.15, -0.1) is 11.3 Å². The van der Waals surface area contributed by atoms with Gasteiger partial charge in [-0.05, 0) is 45.9 Å². The predicted molar refractivity (Wildman–Crippen MR) is 124 cm³/mol. The largest absolute Gasteiger partial charge is 0.384 e. The number of hydrogen-bond acceptors (Lipinski definition) is 8. The first-order valence-corrected chi connectivity index (χ1v) is 11.5. The van der Waals surface area contributed by atoms with Crippen LogP contribution in [0.15, 0.2) is 24.5 Å². The molecular formula is C23H30N6OS. The minimum Gasteiger partial charge on any atom is -0.384 e. The van der Waals surface area contributed by atoms with Crippen LogP contribution >= 0.6 is 11.3 Å². The van der Waals surface area contributed by atoms with Gasteiger partial charge in [-0.2, -0.15) is 0 Å². The van der Waals surface area contributed by atoms with E-state index in [1.165, 1.54) is 4.88 Å². The zero-order chi connectivity index (χ0) is 21.8. The SMILES string of the molecule is COCCc1ncc(CN2CC[C@H](c3cc(Nc4nc(C)c(C)s4)cc(C)n3)C2)cn1. The molecule has 0 radical (unpaired) electrons. The number of nitrogens with zero attached hydrogens (tertiary/aromatic N) is 5. The topological polar surface area (TPSA) is 76.1 Å². The van der Waals surface area contributed by atoms with Crippen LogP contribution in [0.1, 0.15) is 45.7 Å². The van der Waals surface area contributed by atoms with Crippen LogP contribution in [-0.2, 0) is 17.7 Å². The molecule has 4 heterocycles. The number of thiazole rings is 1. The van der Waals surface area contributed by atoms with Crippen LogP contribution in [0.4, 0.5) is 10.8 Å². The fourth-order valence-electron chi connectivity index (χ4n) is 3.89. The highest BCUT2D eigenvalue weighted by Crippen LogP contribution is 2.31. The summed E-state index contributed by atoms with van der Waals surface area (Å²) in [5, 5.41) is 4.41. The van der Waals surface area contributed by atoms with Gasteiger partial charge in [0.05, 0.1) is 12.3 Å². The van der Waals surface area contributed by atoms with Gasteiger partial charge >= 0.3 is 0 Å². The van der Waals surface area contributed by atoms with Crippen molar-refractivity contribution < 1.29 is 4.74 Å². The quantitative estimate of drug-likeness (QED) is 0.565. The minimum absolute atomic E-state index is 0.433. The molecule has 1 aliphatic rings. The number of hydrogen-bond donors (Lipinski definition) is 1. The van der Waals surface area contributed by atoms with Crippen LogP contribution in [0.3, 0.4) is 0 Å². The van der Waals surface area contributed by atoms with Gasteiger partial charge in [0.1, 0.15) is 5.82 Å². The number of anilines is 2. The summed E-state index contributed by atoms with van der Waals surface area (Å²) in [6.07, 6.45) is 5.74. The highest BCUT2D eigenvalue weighted by molar-refractivity contribution is 7.15. The average molecular weight is 439 g/mol. The number of pyridine rings is 1. The highest BCUT2D eigenvalue weighted by atomic mass is 32.1. The lowest BCUT2D eigenvalue weighted by Gasteiger charge is -2.16. The number of rotatable bonds is 8. The van der Waals surface area contributed by atoms with Gasteiger partial charge in [0.2, 0.25) is 0 Å². The fourth-order valence-corrected chi connectivity index (χ4v) is 4.72. The Bertz CT molecular complexity index is 1000. The van der Waals surface area contributed by atoms with Crippen molar-refractivity contribution in [3.05, 3.63) is 57.9 Å². The number of methoxy groups -OCH3 is 1. The second-order valence-corrected chi connectivity index (χ2v) is 9.38. The molecule has 1 fully saturated rings. The van der Waals surface area contributed by atoms with Gasteiger partial charge in [0, 0.05) is 72.4 Å². The van der Waals surface area contributed by atoms with E-state index in [4.69, 9.17) is 9.72 Å². The molecule has 164 valence electrons. The van der Waals surface area contributed by atoms with Gasteiger partial charge in [-0.25, -0.2) is 15.0 Å². The molecule has 0 saturated carbocycles. The molecule has 0 aromatic carbocycles. The molecule has 8 heteroatoms. The molecule has 3 aromatic heterocycles. The molecule has 4 rings (SSSR count). The Kier molecular flexibility index (Phi) is 6.89. The second-order valence-electron chi connectivity index (χ2n) is 8.18. The summed E-state index contributed by atoms with van der Waals surface area (Å²) in [5.74, 6) is 1.27. The van der Waals surface area contributed by atoms with E-state index in [0.29, 0.717) is 12.5 Å². The molecule has 0 amide bonds. The number of aromatic nitrogens is 4. The van der Waals surface area contributed by atoms with Crippen LogP contribution in [-0.4, -0.2) is 51.6 Å². The monoisotopic (exact) mass is 438 g/mol. The van der Waals surface area contributed by atoms with E-state index in [9.17, 15) is 0 Å². The summed E-state index contributed by atoms with van der Waals surface area (Å²) in [6, 6.07) is 4.27. The van der Waals surface area contributed by atoms with Gasteiger partial charge < -0.3 is 10.1 Å². The fraction of sp³-hybridized carbons (Fsp3) is 0.478. The van der Waals surface area contributed by atoms with Crippen molar-refractivity contribution in [2.45, 2.75) is 46.1 Å². The predicted octanol–water partition coefficient (Wildman–Crippen LogP) is 4.18. The van der Waals surface area contributed by atoms with Crippen molar-refractivity contribution in [3.8, 4) is 0 Å². The molecule has 3 aromatic rings. The molecule has 0 aliphatic carbocycles. The van der Waals surface area contributed by atoms with E-state index in [0.717, 1.165) is 71.8 Å². The molecule has 31 heavy (non-hydrogen) atoms. The highest BCUT2D eigenvalue weighted by Gasteiger charge is 2.25. The maximum Gasteiger partial charge on any atom is 0.187 e. The molecule has 7 nitrogen and oxygen atoms in total. The number of ether oxygens (including phenoxy) is 1. The van der Waals surface area contributed by atoms with Gasteiger partial charge in [-0.3, -0.25) is 9.88 Å². The number of aryl methyl sites for hydroxylation is 3. The zero-order valence-corrected chi connectivity index (χ0v) is 19.5. The van der Waals surface area contributed by atoms with Crippen molar-refractivity contribution >= 4 is 22.2 Å². The summed E-state index contributed by atoms with van der Waals surface area (Å²) in [7, 11) is 1.70. The molecule has 0 unspecified atom stereocenters. The summed E-state index contributed by atoms with van der Waals surface area (Å²) in [4.78, 5) is 22.1. The van der Waals surface area contributed by atoms with Crippen molar-refractivity contribution in [2.75, 3.05) is 32.1 Å². The number of likely N-dealkylation sites (tertiary alicyclic amines) is 1. The van der Waals surface area contributed by atoms with E-state index in [1.54, 1.807) is 18.4 Å². The molecular weight excluding hydrogens is 408 g/mol. The Hall–Kier alpha value is -2.42. The van der Waals surface area contributed by atoms with Crippen molar-refractivity contribution in [1.29, 1.82) is 0 Å². The van der Waals surface area contributed by atoms with E-state index >= 15 is 0 Å². The van der Waals surface area contributed by atoms with Gasteiger partial charge in [-0.1, -0.05) is 0 Å². The summed E-state index contributed by atoms with van der Waals surface area (Å²) in [6.45, 7) is 9.78. The molecule has 1 saturated heterocycles. The van der Waals surface area contributed by atoms with Crippen molar-refractivity contribution in [3.63, 3.8) is 0 Å². The lowest BCUT2D eigenvalue weighted by Crippen LogP contribution is -2.20. The first-order chi connectivity index (χ1) is 15.0. The Morgan fingerprint density at radius 3 is 2.68 bits per heavy atom. The Balaban J connectivity index is 1.38. The molecule has 1 atom stereocenters. The zero-order valence-electron chi connectivity index (χ0n) is 18.7. The van der Waals surface area contributed by atoms with Crippen LogP contribution < -0.4 is 5.32 Å². The third-order valence-electron chi connectivity index (χ3n) is 5.64. The van der Waals surface area contributed by atoms with Crippen molar-refractivity contribution in [1.82, 2.24) is 24.8 Å². The Morgan fingerprint density at radius 2 is 1.97 bits per heavy atom. The molecule has 0 bridgehead atoms. The Morgan fingerprint density at radius 1 is 1.16 bits per heavy atom.